The molecule has 0 bridgehead atoms. The van der Waals surface area contributed by atoms with Gasteiger partial charge in [0, 0.05) is 18.3 Å². The number of hydrogen-bond acceptors (Lipinski definition) is 6. The number of amides is 1. The van der Waals surface area contributed by atoms with E-state index in [0.717, 1.165) is 5.56 Å². The fourth-order valence-electron chi connectivity index (χ4n) is 3.00. The van der Waals surface area contributed by atoms with Crippen LogP contribution in [0.3, 0.4) is 0 Å². The van der Waals surface area contributed by atoms with Crippen LogP contribution >= 0.6 is 0 Å². The molecule has 164 valence electrons. The van der Waals surface area contributed by atoms with E-state index < -0.39 is 11.9 Å². The van der Waals surface area contributed by atoms with Gasteiger partial charge < -0.3 is 14.4 Å². The van der Waals surface area contributed by atoms with E-state index in [2.05, 4.69) is 4.98 Å². The summed E-state index contributed by atoms with van der Waals surface area (Å²) < 4.78 is 10.3. The van der Waals surface area contributed by atoms with E-state index in [1.807, 2.05) is 19.1 Å². The van der Waals surface area contributed by atoms with Gasteiger partial charge in [-0.25, -0.2) is 14.6 Å². The molecule has 0 aliphatic rings. The molecule has 2 aromatic carbocycles. The number of hydrogen-bond donors (Lipinski definition) is 0. The molecule has 7 nitrogen and oxygen atoms in total. The maximum absolute atomic E-state index is 12.7. The first-order chi connectivity index (χ1) is 15.3. The van der Waals surface area contributed by atoms with Crippen molar-refractivity contribution in [3.05, 3.63) is 88.7 Å². The molecule has 3 aromatic rings. The van der Waals surface area contributed by atoms with Gasteiger partial charge in [0.05, 0.1) is 17.9 Å². The number of carbonyl (C=O) groups excluding carboxylic acids is 3. The lowest BCUT2D eigenvalue weighted by Crippen LogP contribution is -2.26. The predicted molar refractivity (Wildman–Crippen MR) is 120 cm³/mol. The third-order valence-corrected chi connectivity index (χ3v) is 4.83. The number of nitrogens with zero attached hydrogens (tertiary/aromatic N) is 2. The SMILES string of the molecule is CCOC(=O)c1ccc(C(=O)Oc2ccc(N(C)C(=O)c3ccc(C)cc3)cc2)nc1C. The Hall–Kier alpha value is -4.00. The largest absolute Gasteiger partial charge is 0.462 e. The molecule has 32 heavy (non-hydrogen) atoms. The minimum absolute atomic E-state index is 0.0753. The maximum Gasteiger partial charge on any atom is 0.362 e. The molecule has 0 radical (unpaired) electrons. The van der Waals surface area contributed by atoms with Gasteiger partial charge in [0.1, 0.15) is 11.4 Å². The Kier molecular flexibility index (Phi) is 7.00. The Bertz CT molecular complexity index is 1140. The van der Waals surface area contributed by atoms with Crippen molar-refractivity contribution in [2.24, 2.45) is 0 Å². The van der Waals surface area contributed by atoms with Crippen LogP contribution in [0.15, 0.2) is 60.7 Å². The highest BCUT2D eigenvalue weighted by Crippen LogP contribution is 2.21. The van der Waals surface area contributed by atoms with Crippen molar-refractivity contribution >= 4 is 23.5 Å². The Morgan fingerprint density at radius 2 is 1.53 bits per heavy atom. The number of anilines is 1. The molecule has 0 unspecified atom stereocenters. The molecule has 7 heteroatoms. The molecular formula is C25H24N2O5. The molecule has 1 amide bonds. The van der Waals surface area contributed by atoms with Crippen molar-refractivity contribution in [3.8, 4) is 5.75 Å². The summed E-state index contributed by atoms with van der Waals surface area (Å²) in [5.41, 5.74) is 3.07. The van der Waals surface area contributed by atoms with Crippen molar-refractivity contribution in [2.45, 2.75) is 20.8 Å². The van der Waals surface area contributed by atoms with E-state index in [-0.39, 0.29) is 18.2 Å². The van der Waals surface area contributed by atoms with Gasteiger partial charge in [-0.1, -0.05) is 17.7 Å². The average molecular weight is 432 g/mol. The lowest BCUT2D eigenvalue weighted by molar-refractivity contribution is 0.0523. The normalized spacial score (nSPS) is 10.4. The third-order valence-electron chi connectivity index (χ3n) is 4.83. The second kappa shape index (κ2) is 9.87. The number of aryl methyl sites for hydroxylation is 2. The first-order valence-electron chi connectivity index (χ1n) is 10.1. The molecule has 3 rings (SSSR count). The maximum atomic E-state index is 12.7. The van der Waals surface area contributed by atoms with E-state index in [1.165, 1.54) is 17.0 Å². The zero-order valence-corrected chi connectivity index (χ0v) is 18.4. The summed E-state index contributed by atoms with van der Waals surface area (Å²) in [6.07, 6.45) is 0. The van der Waals surface area contributed by atoms with Crippen molar-refractivity contribution in [1.82, 2.24) is 4.98 Å². The first kappa shape index (κ1) is 22.7. The lowest BCUT2D eigenvalue weighted by Gasteiger charge is -2.18. The van der Waals surface area contributed by atoms with Gasteiger partial charge in [-0.2, -0.15) is 0 Å². The van der Waals surface area contributed by atoms with Crippen LogP contribution in [-0.2, 0) is 4.74 Å². The molecule has 1 aromatic heterocycles. The summed E-state index contributed by atoms with van der Waals surface area (Å²) >= 11 is 0. The number of esters is 2. The number of pyridine rings is 1. The molecule has 0 saturated carbocycles. The number of carbonyl (C=O) groups is 3. The fraction of sp³-hybridized carbons (Fsp3) is 0.200. The van der Waals surface area contributed by atoms with E-state index in [9.17, 15) is 14.4 Å². The molecular weight excluding hydrogens is 408 g/mol. The number of rotatable bonds is 6. The molecule has 0 fully saturated rings. The minimum Gasteiger partial charge on any atom is -0.462 e. The quantitative estimate of drug-likeness (QED) is 0.425. The van der Waals surface area contributed by atoms with Gasteiger partial charge in [-0.15, -0.1) is 0 Å². The molecule has 0 atom stereocenters. The van der Waals surface area contributed by atoms with Crippen LogP contribution in [0.25, 0.3) is 0 Å². The van der Waals surface area contributed by atoms with Crippen LogP contribution in [0.2, 0.25) is 0 Å². The Labute approximate surface area is 186 Å². The van der Waals surface area contributed by atoms with Gasteiger partial charge in [0.15, 0.2) is 0 Å². The van der Waals surface area contributed by atoms with Gasteiger partial charge in [-0.05, 0) is 69.3 Å². The van der Waals surface area contributed by atoms with Crippen molar-refractivity contribution < 1.29 is 23.9 Å². The number of ether oxygens (including phenoxy) is 2. The third kappa shape index (κ3) is 5.18. The minimum atomic E-state index is -0.652. The summed E-state index contributed by atoms with van der Waals surface area (Å²) in [4.78, 5) is 42.6. The van der Waals surface area contributed by atoms with Gasteiger partial charge in [-0.3, -0.25) is 4.79 Å². The molecule has 0 aliphatic carbocycles. The van der Waals surface area contributed by atoms with Crippen LogP contribution in [0.4, 0.5) is 5.69 Å². The van der Waals surface area contributed by atoms with Gasteiger partial charge in [0.25, 0.3) is 5.91 Å². The molecule has 0 N–H and O–H groups in total. The zero-order chi connectivity index (χ0) is 23.3. The van der Waals surface area contributed by atoms with Crippen molar-refractivity contribution in [2.75, 3.05) is 18.6 Å². The van der Waals surface area contributed by atoms with E-state index >= 15 is 0 Å². The summed E-state index contributed by atoms with van der Waals surface area (Å²) in [6.45, 7) is 5.56. The van der Waals surface area contributed by atoms with Crippen LogP contribution in [0.1, 0.15) is 49.4 Å². The summed E-state index contributed by atoms with van der Waals surface area (Å²) in [5, 5.41) is 0. The van der Waals surface area contributed by atoms with Crippen molar-refractivity contribution in [3.63, 3.8) is 0 Å². The molecule has 0 saturated heterocycles. The summed E-state index contributed by atoms with van der Waals surface area (Å²) in [7, 11) is 1.68. The van der Waals surface area contributed by atoms with Gasteiger partial charge in [0.2, 0.25) is 0 Å². The smallest absolute Gasteiger partial charge is 0.362 e. The molecule has 0 spiro atoms. The van der Waals surface area contributed by atoms with Gasteiger partial charge >= 0.3 is 11.9 Å². The Morgan fingerprint density at radius 1 is 0.875 bits per heavy atom. The van der Waals surface area contributed by atoms with E-state index in [0.29, 0.717) is 28.3 Å². The summed E-state index contributed by atoms with van der Waals surface area (Å²) in [5.74, 6) is -0.974. The second-order valence-corrected chi connectivity index (χ2v) is 7.16. The van der Waals surface area contributed by atoms with Crippen molar-refractivity contribution in [1.29, 1.82) is 0 Å². The van der Waals surface area contributed by atoms with E-state index in [4.69, 9.17) is 9.47 Å². The summed E-state index contributed by atoms with van der Waals surface area (Å²) in [6, 6.07) is 16.8. The standard InChI is InChI=1S/C25H24N2O5/c1-5-31-24(29)21-14-15-22(26-17(21)3)25(30)32-20-12-10-19(11-13-20)27(4)23(28)18-8-6-16(2)7-9-18/h6-15H,5H2,1-4H3. The molecule has 0 aliphatic heterocycles. The van der Waals surface area contributed by atoms with Crippen LogP contribution in [0.5, 0.6) is 5.75 Å². The monoisotopic (exact) mass is 432 g/mol. The second-order valence-electron chi connectivity index (χ2n) is 7.16. The number of benzene rings is 2. The first-order valence-corrected chi connectivity index (χ1v) is 10.1. The predicted octanol–water partition coefficient (Wildman–Crippen LogP) is 4.37. The van der Waals surface area contributed by atoms with Crippen LogP contribution < -0.4 is 9.64 Å². The molecule has 1 heterocycles. The highest BCUT2D eigenvalue weighted by atomic mass is 16.5. The van der Waals surface area contributed by atoms with E-state index in [1.54, 1.807) is 57.3 Å². The Morgan fingerprint density at radius 3 is 2.12 bits per heavy atom. The topological polar surface area (TPSA) is 85.8 Å². The highest BCUT2D eigenvalue weighted by Gasteiger charge is 2.17. The lowest BCUT2D eigenvalue weighted by atomic mass is 10.1. The average Bonchev–Trinajstić information content (AvgIpc) is 2.79. The highest BCUT2D eigenvalue weighted by molar-refractivity contribution is 6.05. The fourth-order valence-corrected chi connectivity index (χ4v) is 3.00. The van der Waals surface area contributed by atoms with Crippen LogP contribution in [0, 0.1) is 13.8 Å². The Balaban J connectivity index is 1.68. The zero-order valence-electron chi connectivity index (χ0n) is 18.4. The van der Waals surface area contributed by atoms with Crippen LogP contribution in [-0.4, -0.2) is 36.5 Å². The number of aromatic nitrogens is 1.